The summed E-state index contributed by atoms with van der Waals surface area (Å²) in [6.45, 7) is 5.91. The summed E-state index contributed by atoms with van der Waals surface area (Å²) in [5.74, 6) is 0.420. The van der Waals surface area contributed by atoms with Gasteiger partial charge in [-0.3, -0.25) is 9.89 Å². The van der Waals surface area contributed by atoms with E-state index in [4.69, 9.17) is 22.1 Å². The lowest BCUT2D eigenvalue weighted by atomic mass is 10.0. The zero-order valence-electron chi connectivity index (χ0n) is 15.7. The fourth-order valence-corrected chi connectivity index (χ4v) is 3.47. The molecule has 0 aliphatic carbocycles. The maximum absolute atomic E-state index is 6.21. The summed E-state index contributed by atoms with van der Waals surface area (Å²) in [5.41, 5.74) is 9.52. The van der Waals surface area contributed by atoms with Crippen molar-refractivity contribution in [2.45, 2.75) is 19.4 Å². The van der Waals surface area contributed by atoms with Gasteiger partial charge >= 0.3 is 0 Å². The molecule has 1 heterocycles. The number of guanidine groups is 1. The van der Waals surface area contributed by atoms with Crippen LogP contribution in [0.25, 0.3) is 0 Å². The standard InChI is InChI=1S/C21H27ClN4O/c1-2-16-5-3-8-19(13-16)25-21(23)24-15-20(26-9-11-27-12-10-26)17-6-4-7-18(22)14-17/h3-8,13-14,20H,2,9-12,15H2,1H3,(H3,23,24,25). The van der Waals surface area contributed by atoms with Crippen LogP contribution in [0, 0.1) is 0 Å². The van der Waals surface area contributed by atoms with E-state index >= 15 is 0 Å². The summed E-state index contributed by atoms with van der Waals surface area (Å²) >= 11 is 6.21. The Morgan fingerprint density at radius 2 is 2.00 bits per heavy atom. The van der Waals surface area contributed by atoms with E-state index in [-0.39, 0.29) is 6.04 Å². The predicted molar refractivity (Wildman–Crippen MR) is 113 cm³/mol. The van der Waals surface area contributed by atoms with Crippen LogP contribution in [0.1, 0.15) is 24.1 Å². The molecule has 1 aliphatic rings. The molecule has 0 saturated carbocycles. The second kappa shape index (κ2) is 9.74. The lowest BCUT2D eigenvalue weighted by Crippen LogP contribution is -2.40. The Balaban J connectivity index is 1.73. The second-order valence-electron chi connectivity index (χ2n) is 6.62. The largest absolute Gasteiger partial charge is 0.379 e. The number of nitrogens with two attached hydrogens (primary N) is 1. The van der Waals surface area contributed by atoms with Gasteiger partial charge in [0.25, 0.3) is 0 Å². The number of benzene rings is 2. The van der Waals surface area contributed by atoms with Crippen molar-refractivity contribution in [3.63, 3.8) is 0 Å². The highest BCUT2D eigenvalue weighted by Crippen LogP contribution is 2.25. The van der Waals surface area contributed by atoms with Crippen molar-refractivity contribution in [3.8, 4) is 0 Å². The number of ether oxygens (including phenoxy) is 1. The van der Waals surface area contributed by atoms with Crippen LogP contribution in [0.3, 0.4) is 0 Å². The van der Waals surface area contributed by atoms with Crippen molar-refractivity contribution in [1.29, 1.82) is 0 Å². The van der Waals surface area contributed by atoms with Gasteiger partial charge in [-0.1, -0.05) is 42.8 Å². The molecule has 0 radical (unpaired) electrons. The highest BCUT2D eigenvalue weighted by molar-refractivity contribution is 6.30. The summed E-state index contributed by atoms with van der Waals surface area (Å²) in [6.07, 6.45) is 0.987. The summed E-state index contributed by atoms with van der Waals surface area (Å²) in [7, 11) is 0. The van der Waals surface area contributed by atoms with E-state index in [1.807, 2.05) is 30.3 Å². The van der Waals surface area contributed by atoms with Crippen LogP contribution in [0.2, 0.25) is 5.02 Å². The number of hydrogen-bond acceptors (Lipinski definition) is 3. The van der Waals surface area contributed by atoms with Crippen molar-refractivity contribution in [2.24, 2.45) is 10.7 Å². The zero-order valence-corrected chi connectivity index (χ0v) is 16.5. The third-order valence-corrected chi connectivity index (χ3v) is 5.00. The van der Waals surface area contributed by atoms with Gasteiger partial charge in [0.15, 0.2) is 5.96 Å². The van der Waals surface area contributed by atoms with Gasteiger partial charge < -0.3 is 15.8 Å². The predicted octanol–water partition coefficient (Wildman–Crippen LogP) is 3.70. The molecule has 5 nitrogen and oxygen atoms in total. The Hall–Kier alpha value is -2.08. The first-order valence-corrected chi connectivity index (χ1v) is 9.76. The molecular formula is C21H27ClN4O. The van der Waals surface area contributed by atoms with Crippen LogP contribution in [-0.4, -0.2) is 43.7 Å². The molecule has 0 amide bonds. The minimum atomic E-state index is 0.120. The Morgan fingerprint density at radius 1 is 1.22 bits per heavy atom. The van der Waals surface area contributed by atoms with E-state index in [0.717, 1.165) is 49.0 Å². The Labute approximate surface area is 166 Å². The number of aliphatic imine (C=N–C) groups is 1. The van der Waals surface area contributed by atoms with Crippen molar-refractivity contribution in [1.82, 2.24) is 4.90 Å². The third-order valence-electron chi connectivity index (χ3n) is 4.76. The van der Waals surface area contributed by atoms with Gasteiger partial charge in [0, 0.05) is 23.8 Å². The Kier molecular flexibility index (Phi) is 7.10. The van der Waals surface area contributed by atoms with E-state index in [0.29, 0.717) is 12.5 Å². The maximum Gasteiger partial charge on any atom is 0.193 e. The number of nitrogens with zero attached hydrogens (tertiary/aromatic N) is 2. The number of morpholine rings is 1. The average molecular weight is 387 g/mol. The van der Waals surface area contributed by atoms with E-state index in [1.54, 1.807) is 0 Å². The maximum atomic E-state index is 6.21. The van der Waals surface area contributed by atoms with E-state index in [9.17, 15) is 0 Å². The van der Waals surface area contributed by atoms with Gasteiger partial charge in [0.1, 0.15) is 0 Å². The van der Waals surface area contributed by atoms with Gasteiger partial charge in [0.05, 0.1) is 25.8 Å². The van der Waals surface area contributed by atoms with Gasteiger partial charge in [-0.2, -0.15) is 0 Å². The fraction of sp³-hybridized carbons (Fsp3) is 0.381. The van der Waals surface area contributed by atoms with Crippen LogP contribution in [-0.2, 0) is 11.2 Å². The smallest absolute Gasteiger partial charge is 0.193 e. The molecule has 0 bridgehead atoms. The van der Waals surface area contributed by atoms with E-state index < -0.39 is 0 Å². The lowest BCUT2D eigenvalue weighted by molar-refractivity contribution is 0.0180. The molecule has 6 heteroatoms. The first-order valence-electron chi connectivity index (χ1n) is 9.39. The highest BCUT2D eigenvalue weighted by atomic mass is 35.5. The monoisotopic (exact) mass is 386 g/mol. The normalized spacial score (nSPS) is 16.9. The Morgan fingerprint density at radius 3 is 2.74 bits per heavy atom. The molecule has 1 fully saturated rings. The van der Waals surface area contributed by atoms with Crippen LogP contribution in [0.4, 0.5) is 5.69 Å². The molecule has 0 aromatic heterocycles. The summed E-state index contributed by atoms with van der Waals surface area (Å²) in [4.78, 5) is 6.99. The van der Waals surface area contributed by atoms with E-state index in [2.05, 4.69) is 40.3 Å². The molecule has 1 aliphatic heterocycles. The van der Waals surface area contributed by atoms with E-state index in [1.165, 1.54) is 5.56 Å². The minimum absolute atomic E-state index is 0.120. The zero-order chi connectivity index (χ0) is 19.1. The lowest BCUT2D eigenvalue weighted by Gasteiger charge is -2.34. The van der Waals surface area contributed by atoms with Crippen molar-refractivity contribution < 1.29 is 4.74 Å². The van der Waals surface area contributed by atoms with Crippen molar-refractivity contribution >= 4 is 23.2 Å². The highest BCUT2D eigenvalue weighted by Gasteiger charge is 2.22. The number of rotatable bonds is 6. The first-order chi connectivity index (χ1) is 13.2. The molecule has 3 N–H and O–H groups in total. The van der Waals surface area contributed by atoms with Gasteiger partial charge in [-0.15, -0.1) is 0 Å². The van der Waals surface area contributed by atoms with Crippen molar-refractivity contribution in [2.75, 3.05) is 38.2 Å². The minimum Gasteiger partial charge on any atom is -0.379 e. The van der Waals surface area contributed by atoms with Gasteiger partial charge in [-0.25, -0.2) is 0 Å². The topological polar surface area (TPSA) is 62.9 Å². The fourth-order valence-electron chi connectivity index (χ4n) is 3.28. The summed E-state index contributed by atoms with van der Waals surface area (Å²) in [6, 6.07) is 16.3. The second-order valence-corrected chi connectivity index (χ2v) is 7.06. The molecule has 1 atom stereocenters. The molecule has 3 rings (SSSR count). The van der Waals surface area contributed by atoms with Crippen LogP contribution >= 0.6 is 11.6 Å². The van der Waals surface area contributed by atoms with Crippen molar-refractivity contribution in [3.05, 3.63) is 64.7 Å². The average Bonchev–Trinajstić information content (AvgIpc) is 2.69. The third kappa shape index (κ3) is 5.70. The molecule has 144 valence electrons. The summed E-state index contributed by atoms with van der Waals surface area (Å²) in [5, 5.41) is 3.93. The first kappa shape index (κ1) is 19.7. The van der Waals surface area contributed by atoms with Crippen LogP contribution in [0.5, 0.6) is 0 Å². The number of aryl methyl sites for hydroxylation is 1. The molecule has 2 aromatic rings. The SMILES string of the molecule is CCc1cccc(NC(N)=NCC(c2cccc(Cl)c2)N2CCOCC2)c1. The number of halogens is 1. The quantitative estimate of drug-likeness (QED) is 0.587. The Bertz CT molecular complexity index is 774. The van der Waals surface area contributed by atoms with Crippen LogP contribution < -0.4 is 11.1 Å². The molecule has 27 heavy (non-hydrogen) atoms. The molecule has 0 spiro atoms. The molecular weight excluding hydrogens is 360 g/mol. The van der Waals surface area contributed by atoms with Crippen LogP contribution in [0.15, 0.2) is 53.5 Å². The molecule has 2 aromatic carbocycles. The number of nitrogens with one attached hydrogen (secondary N) is 1. The molecule has 1 saturated heterocycles. The number of hydrogen-bond donors (Lipinski definition) is 2. The molecule has 1 unspecified atom stereocenters. The number of anilines is 1. The van der Waals surface area contributed by atoms with Gasteiger partial charge in [0.2, 0.25) is 0 Å². The van der Waals surface area contributed by atoms with Gasteiger partial charge in [-0.05, 0) is 41.8 Å². The summed E-state index contributed by atoms with van der Waals surface area (Å²) < 4.78 is 5.50.